The van der Waals surface area contributed by atoms with Crippen molar-refractivity contribution in [2.75, 3.05) is 6.61 Å². The Kier molecular flexibility index (Phi) is 7.68. The van der Waals surface area contributed by atoms with Gasteiger partial charge in [-0.3, -0.25) is 4.79 Å². The van der Waals surface area contributed by atoms with Crippen LogP contribution in [-0.4, -0.2) is 18.4 Å². The van der Waals surface area contributed by atoms with Gasteiger partial charge in [0.1, 0.15) is 11.5 Å². The number of fused-ring (bicyclic) bond motifs is 1. The Morgan fingerprint density at radius 1 is 0.805 bits per heavy atom. The molecule has 0 fully saturated rings. The number of nitrogens with zero attached hydrogens (tertiary/aromatic N) is 2. The molecule has 0 aromatic heterocycles. The quantitative estimate of drug-likeness (QED) is 0.140. The van der Waals surface area contributed by atoms with Gasteiger partial charge in [0.2, 0.25) is 0 Å². The van der Waals surface area contributed by atoms with Gasteiger partial charge in [-0.2, -0.15) is 10.5 Å². The first-order valence-corrected chi connectivity index (χ1v) is 13.5. The zero-order chi connectivity index (χ0) is 29.0. The number of aryl methyl sites for hydroxylation is 2. The van der Waals surface area contributed by atoms with Crippen LogP contribution in [0.25, 0.3) is 0 Å². The van der Waals surface area contributed by atoms with Crippen molar-refractivity contribution in [3.8, 4) is 23.6 Å². The summed E-state index contributed by atoms with van der Waals surface area (Å²) in [4.78, 5) is 26.1. The van der Waals surface area contributed by atoms with E-state index in [0.717, 1.165) is 41.5 Å². The maximum atomic E-state index is 13.2. The topological polar surface area (TPSA) is 100 Å². The maximum Gasteiger partial charge on any atom is 0.343 e. The summed E-state index contributed by atoms with van der Waals surface area (Å²) in [5.74, 6) is 0.429. The van der Waals surface area contributed by atoms with E-state index in [9.17, 15) is 9.59 Å². The highest BCUT2D eigenvalue weighted by Crippen LogP contribution is 2.51. The lowest BCUT2D eigenvalue weighted by atomic mass is 9.74. The first kappa shape index (κ1) is 27.4. The summed E-state index contributed by atoms with van der Waals surface area (Å²) in [6.07, 6.45) is 2.33. The second kappa shape index (κ2) is 11.5. The zero-order valence-electron chi connectivity index (χ0n) is 22.9. The van der Waals surface area contributed by atoms with E-state index in [4.69, 9.17) is 20.0 Å². The van der Waals surface area contributed by atoms with Crippen molar-refractivity contribution in [1.29, 1.82) is 10.5 Å². The molecule has 6 nitrogen and oxygen atoms in total. The molecule has 5 rings (SSSR count). The van der Waals surface area contributed by atoms with E-state index >= 15 is 0 Å². The van der Waals surface area contributed by atoms with E-state index < -0.39 is 11.4 Å². The molecule has 0 saturated carbocycles. The van der Waals surface area contributed by atoms with Crippen LogP contribution in [0.5, 0.6) is 11.5 Å². The van der Waals surface area contributed by atoms with Crippen LogP contribution >= 0.6 is 0 Å². The minimum atomic E-state index is -0.531. The molecular formula is C35H28N2O4. The fraction of sp³-hybridized carbons (Fsp3) is 0.200. The van der Waals surface area contributed by atoms with Gasteiger partial charge in [-0.15, -0.1) is 0 Å². The third-order valence-electron chi connectivity index (χ3n) is 7.75. The lowest BCUT2D eigenvalue weighted by molar-refractivity contribution is 0.0731. The molecule has 0 saturated heterocycles. The van der Waals surface area contributed by atoms with Crippen molar-refractivity contribution >= 4 is 11.8 Å². The summed E-state index contributed by atoms with van der Waals surface area (Å²) < 4.78 is 12.2. The summed E-state index contributed by atoms with van der Waals surface area (Å²) in [5.41, 5.74) is 5.38. The number of ether oxygens (including phenoxy) is 2. The van der Waals surface area contributed by atoms with Gasteiger partial charge in [-0.1, -0.05) is 38.1 Å². The predicted molar refractivity (Wildman–Crippen MR) is 154 cm³/mol. The molecule has 0 spiro atoms. The molecule has 4 aromatic carbocycles. The van der Waals surface area contributed by atoms with Crippen LogP contribution in [0.1, 0.15) is 74.4 Å². The average Bonchev–Trinajstić information content (AvgIpc) is 3.37. The number of rotatable bonds is 8. The number of nitriles is 2. The van der Waals surface area contributed by atoms with Crippen molar-refractivity contribution in [2.45, 2.75) is 38.5 Å². The van der Waals surface area contributed by atoms with Crippen LogP contribution in [-0.2, 0) is 18.3 Å². The highest BCUT2D eigenvalue weighted by Gasteiger charge is 2.42. The SMILES string of the molecule is CCc1cccc(OC(=O)c2ccc(C#N)cc2)c1C1(C)CCc2cccc(OCC(=O)c3ccc(C#N)cc3)c21. The summed E-state index contributed by atoms with van der Waals surface area (Å²) >= 11 is 0. The molecule has 1 aliphatic carbocycles. The minimum Gasteiger partial charge on any atom is -0.485 e. The van der Waals surface area contributed by atoms with Crippen molar-refractivity contribution in [2.24, 2.45) is 0 Å². The number of carbonyl (C=O) groups is 2. The van der Waals surface area contributed by atoms with Crippen LogP contribution < -0.4 is 9.47 Å². The second-order valence-corrected chi connectivity index (χ2v) is 10.2. The zero-order valence-corrected chi connectivity index (χ0v) is 22.9. The van der Waals surface area contributed by atoms with Crippen LogP contribution in [0.3, 0.4) is 0 Å². The first-order chi connectivity index (χ1) is 19.9. The van der Waals surface area contributed by atoms with Gasteiger partial charge in [-0.05, 0) is 91.1 Å². The van der Waals surface area contributed by atoms with Crippen molar-refractivity contribution in [1.82, 2.24) is 0 Å². The highest BCUT2D eigenvalue weighted by atomic mass is 16.5. The van der Waals surface area contributed by atoms with E-state index in [1.165, 1.54) is 0 Å². The Labute approximate surface area is 239 Å². The number of ketones is 1. The lowest BCUT2D eigenvalue weighted by Crippen LogP contribution is -2.25. The smallest absolute Gasteiger partial charge is 0.343 e. The van der Waals surface area contributed by atoms with Crippen LogP contribution in [0.4, 0.5) is 0 Å². The molecule has 202 valence electrons. The predicted octanol–water partition coefficient (Wildman–Crippen LogP) is 6.73. The minimum absolute atomic E-state index is 0.144. The third-order valence-corrected chi connectivity index (χ3v) is 7.75. The van der Waals surface area contributed by atoms with E-state index in [0.29, 0.717) is 33.8 Å². The average molecular weight is 541 g/mol. The van der Waals surface area contributed by atoms with Gasteiger partial charge in [0.05, 0.1) is 28.8 Å². The molecule has 1 atom stereocenters. The molecule has 0 heterocycles. The highest BCUT2D eigenvalue weighted by molar-refractivity contribution is 5.97. The van der Waals surface area contributed by atoms with Crippen molar-refractivity contribution in [3.05, 3.63) is 129 Å². The standard InChI is InChI=1S/C35H28N2O4/c1-3-25-6-4-9-31(41-34(39)28-16-12-24(21-37)13-17-28)32(25)35(2)19-18-27-7-5-8-30(33(27)35)40-22-29(38)26-14-10-23(20-36)11-15-26/h4-17H,3,18-19,22H2,1-2H3. The van der Waals surface area contributed by atoms with Crippen LogP contribution in [0.15, 0.2) is 84.9 Å². The number of hydrogen-bond acceptors (Lipinski definition) is 6. The molecule has 0 amide bonds. The van der Waals surface area contributed by atoms with E-state index in [2.05, 4.69) is 38.1 Å². The Bertz CT molecular complexity index is 1710. The molecule has 0 aliphatic heterocycles. The summed E-state index contributed by atoms with van der Waals surface area (Å²) in [6, 6.07) is 28.6. The number of benzene rings is 4. The fourth-order valence-electron chi connectivity index (χ4n) is 5.67. The van der Waals surface area contributed by atoms with Gasteiger partial charge < -0.3 is 9.47 Å². The Morgan fingerprint density at radius 2 is 1.41 bits per heavy atom. The molecule has 0 radical (unpaired) electrons. The van der Waals surface area contributed by atoms with Gasteiger partial charge in [-0.25, -0.2) is 4.79 Å². The van der Waals surface area contributed by atoms with E-state index in [1.54, 1.807) is 48.5 Å². The second-order valence-electron chi connectivity index (χ2n) is 10.2. The molecule has 6 heteroatoms. The molecule has 1 unspecified atom stereocenters. The van der Waals surface area contributed by atoms with Gasteiger partial charge in [0.15, 0.2) is 12.4 Å². The molecular weight excluding hydrogens is 512 g/mol. The summed E-state index contributed by atoms with van der Waals surface area (Å²) in [7, 11) is 0. The van der Waals surface area contributed by atoms with Crippen molar-refractivity contribution < 1.29 is 19.1 Å². The largest absolute Gasteiger partial charge is 0.485 e. The molecule has 1 aliphatic rings. The normalized spacial score (nSPS) is 15.3. The Morgan fingerprint density at radius 3 is 2.05 bits per heavy atom. The summed E-state index contributed by atoms with van der Waals surface area (Å²) in [6.45, 7) is 4.07. The molecule has 0 bridgehead atoms. The van der Waals surface area contributed by atoms with Gasteiger partial charge in [0.25, 0.3) is 0 Å². The number of hydrogen-bond donors (Lipinski definition) is 0. The van der Waals surface area contributed by atoms with Gasteiger partial charge in [0, 0.05) is 22.1 Å². The maximum absolute atomic E-state index is 13.2. The molecule has 41 heavy (non-hydrogen) atoms. The Balaban J connectivity index is 1.48. The first-order valence-electron chi connectivity index (χ1n) is 13.5. The van der Waals surface area contributed by atoms with Gasteiger partial charge >= 0.3 is 5.97 Å². The van der Waals surface area contributed by atoms with E-state index in [-0.39, 0.29) is 12.4 Å². The van der Waals surface area contributed by atoms with Crippen LogP contribution in [0, 0.1) is 22.7 Å². The summed E-state index contributed by atoms with van der Waals surface area (Å²) in [5, 5.41) is 18.1. The van der Waals surface area contributed by atoms with E-state index in [1.807, 2.05) is 24.3 Å². The Hall–Kier alpha value is -5.20. The number of esters is 1. The number of carbonyl (C=O) groups excluding carboxylic acids is 2. The monoisotopic (exact) mass is 540 g/mol. The third kappa shape index (κ3) is 5.33. The van der Waals surface area contributed by atoms with Crippen molar-refractivity contribution in [3.63, 3.8) is 0 Å². The molecule has 0 N–H and O–H groups in total. The van der Waals surface area contributed by atoms with Crippen LogP contribution in [0.2, 0.25) is 0 Å². The molecule has 4 aromatic rings. The fourth-order valence-corrected chi connectivity index (χ4v) is 5.67. The number of Topliss-reactive ketones (excluding diaryl/α,β-unsaturated/α-hetero) is 1. The lowest BCUT2D eigenvalue weighted by Gasteiger charge is -2.32.